The number of carbonyl (C=O) groups is 4. The molecule has 3 amide bonds. The maximum atomic E-state index is 14.2. The maximum Gasteiger partial charge on any atom is 0.408 e. The number of hydrogen-bond donors (Lipinski definition) is 3. The number of aliphatic carboxylic acids is 1. The number of methoxy groups -OCH3 is 1. The van der Waals surface area contributed by atoms with Crippen molar-refractivity contribution in [3.8, 4) is 22.8 Å². The predicted octanol–water partition coefficient (Wildman–Crippen LogP) is 4.95. The van der Waals surface area contributed by atoms with E-state index in [0.717, 1.165) is 5.56 Å². The fourth-order valence-corrected chi connectivity index (χ4v) is 6.16. The molecule has 2 heterocycles. The SMILES string of the molecule is C=C[C@@H]1C[C@]1(NC(=O)[C@@H]1C[C@@H](Oc2cc(-c3ccccc3)nc3cc(OC)ccc23)CN1C(=O)[C@@H](NC(=O)OC(C)(C)C)C(C)C)C(=O)O. The lowest BCUT2D eigenvalue weighted by Gasteiger charge is -2.31. The molecule has 5 atom stereocenters. The number of pyridine rings is 1. The van der Waals surface area contributed by atoms with Crippen molar-refractivity contribution < 1.29 is 38.5 Å². The van der Waals surface area contributed by atoms with Crippen LogP contribution in [0.5, 0.6) is 11.5 Å². The Hall–Kier alpha value is -5.13. The number of aromatic nitrogens is 1. The van der Waals surface area contributed by atoms with Gasteiger partial charge in [-0.3, -0.25) is 9.59 Å². The first kappa shape index (κ1) is 35.2. The molecule has 49 heavy (non-hydrogen) atoms. The van der Waals surface area contributed by atoms with Crippen LogP contribution >= 0.6 is 0 Å². The molecule has 3 aromatic rings. The van der Waals surface area contributed by atoms with Gasteiger partial charge < -0.3 is 34.9 Å². The van der Waals surface area contributed by atoms with E-state index >= 15 is 0 Å². The van der Waals surface area contributed by atoms with Gasteiger partial charge in [0.25, 0.3) is 0 Å². The summed E-state index contributed by atoms with van der Waals surface area (Å²) in [4.78, 5) is 59.4. The predicted molar refractivity (Wildman–Crippen MR) is 183 cm³/mol. The van der Waals surface area contributed by atoms with E-state index in [9.17, 15) is 24.3 Å². The number of likely N-dealkylation sites (tertiary alicyclic amines) is 1. The first-order chi connectivity index (χ1) is 23.2. The Morgan fingerprint density at radius 2 is 1.82 bits per heavy atom. The minimum Gasteiger partial charge on any atom is -0.497 e. The third-order valence-corrected chi connectivity index (χ3v) is 8.82. The van der Waals surface area contributed by atoms with Gasteiger partial charge in [0.1, 0.15) is 40.8 Å². The fraction of sp³-hybridized carbons (Fsp3) is 0.432. The molecule has 12 heteroatoms. The van der Waals surface area contributed by atoms with Crippen molar-refractivity contribution in [1.29, 1.82) is 0 Å². The van der Waals surface area contributed by atoms with E-state index in [0.29, 0.717) is 28.1 Å². The molecule has 0 radical (unpaired) electrons. The van der Waals surface area contributed by atoms with Gasteiger partial charge in [-0.1, -0.05) is 50.3 Å². The molecule has 5 rings (SSSR count). The smallest absolute Gasteiger partial charge is 0.408 e. The zero-order valence-corrected chi connectivity index (χ0v) is 28.7. The maximum absolute atomic E-state index is 14.2. The number of carboxylic acids is 1. The molecule has 1 aliphatic heterocycles. The summed E-state index contributed by atoms with van der Waals surface area (Å²) in [5, 5.41) is 16.1. The highest BCUT2D eigenvalue weighted by atomic mass is 16.6. The third-order valence-electron chi connectivity index (χ3n) is 8.82. The van der Waals surface area contributed by atoms with Crippen LogP contribution in [0, 0.1) is 11.8 Å². The van der Waals surface area contributed by atoms with Gasteiger partial charge in [-0.05, 0) is 45.2 Å². The molecule has 1 aromatic heterocycles. The Kier molecular flexibility index (Phi) is 9.89. The number of hydrogen-bond acceptors (Lipinski definition) is 8. The molecule has 1 aliphatic carbocycles. The molecular formula is C37H44N4O8. The number of ether oxygens (including phenoxy) is 3. The van der Waals surface area contributed by atoms with Gasteiger partial charge in [0, 0.05) is 35.4 Å². The van der Waals surface area contributed by atoms with E-state index in [2.05, 4.69) is 17.2 Å². The fourth-order valence-electron chi connectivity index (χ4n) is 6.16. The molecule has 260 valence electrons. The lowest BCUT2D eigenvalue weighted by molar-refractivity contribution is -0.146. The second kappa shape index (κ2) is 13.8. The lowest BCUT2D eigenvalue weighted by atomic mass is 10.0. The van der Waals surface area contributed by atoms with Gasteiger partial charge in [-0.2, -0.15) is 0 Å². The highest BCUT2D eigenvalue weighted by molar-refractivity contribution is 5.96. The number of nitrogens with one attached hydrogen (secondary N) is 2. The van der Waals surface area contributed by atoms with Crippen LogP contribution in [0.3, 0.4) is 0 Å². The van der Waals surface area contributed by atoms with Gasteiger partial charge in [0.2, 0.25) is 11.8 Å². The van der Waals surface area contributed by atoms with E-state index in [-0.39, 0.29) is 25.3 Å². The van der Waals surface area contributed by atoms with Gasteiger partial charge in [0.15, 0.2) is 0 Å². The Balaban J connectivity index is 1.49. The van der Waals surface area contributed by atoms with E-state index in [1.54, 1.807) is 47.8 Å². The summed E-state index contributed by atoms with van der Waals surface area (Å²) in [5.74, 6) is -2.01. The van der Waals surface area contributed by atoms with Crippen molar-refractivity contribution >= 4 is 34.8 Å². The number of carbonyl (C=O) groups excluding carboxylic acids is 3. The van der Waals surface area contributed by atoms with E-state index < -0.39 is 59.1 Å². The first-order valence-corrected chi connectivity index (χ1v) is 16.3. The van der Waals surface area contributed by atoms with Crippen LogP contribution in [-0.4, -0.2) is 81.8 Å². The molecule has 2 fully saturated rings. The minimum atomic E-state index is -1.50. The Labute approximate surface area is 285 Å². The Morgan fingerprint density at radius 1 is 1.10 bits per heavy atom. The number of amides is 3. The van der Waals surface area contributed by atoms with Crippen LogP contribution in [-0.2, 0) is 19.1 Å². The summed E-state index contributed by atoms with van der Waals surface area (Å²) in [6, 6.07) is 14.8. The summed E-state index contributed by atoms with van der Waals surface area (Å²) in [6.45, 7) is 12.4. The van der Waals surface area contributed by atoms with E-state index in [1.165, 1.54) is 11.0 Å². The second-order valence-electron chi connectivity index (χ2n) is 13.9. The van der Waals surface area contributed by atoms with Crippen molar-refractivity contribution in [2.45, 2.75) is 76.8 Å². The summed E-state index contributed by atoms with van der Waals surface area (Å²) in [6.07, 6.45) is 0.341. The van der Waals surface area contributed by atoms with Crippen molar-refractivity contribution in [3.63, 3.8) is 0 Å². The normalized spacial score (nSPS) is 22.3. The summed E-state index contributed by atoms with van der Waals surface area (Å²) in [5.41, 5.74) is -0.137. The highest BCUT2D eigenvalue weighted by Crippen LogP contribution is 2.45. The zero-order chi connectivity index (χ0) is 35.7. The van der Waals surface area contributed by atoms with E-state index in [4.69, 9.17) is 19.2 Å². The lowest BCUT2D eigenvalue weighted by Crippen LogP contribution is -2.57. The topological polar surface area (TPSA) is 156 Å². The number of rotatable bonds is 11. The molecule has 1 saturated heterocycles. The van der Waals surface area contributed by atoms with Crippen molar-refractivity contribution in [1.82, 2.24) is 20.5 Å². The second-order valence-corrected chi connectivity index (χ2v) is 13.9. The monoisotopic (exact) mass is 672 g/mol. The van der Waals surface area contributed by atoms with Crippen LogP contribution in [0.2, 0.25) is 0 Å². The average molecular weight is 673 g/mol. The van der Waals surface area contributed by atoms with E-state index in [1.807, 2.05) is 48.5 Å². The summed E-state index contributed by atoms with van der Waals surface area (Å²) in [7, 11) is 1.57. The number of benzene rings is 2. The van der Waals surface area contributed by atoms with Crippen LogP contribution in [0.1, 0.15) is 47.5 Å². The molecule has 0 bridgehead atoms. The van der Waals surface area contributed by atoms with Gasteiger partial charge in [-0.15, -0.1) is 6.58 Å². The van der Waals surface area contributed by atoms with Gasteiger partial charge in [0.05, 0.1) is 24.9 Å². The van der Waals surface area contributed by atoms with Gasteiger partial charge in [-0.25, -0.2) is 14.6 Å². The number of fused-ring (bicyclic) bond motifs is 1. The minimum absolute atomic E-state index is 0.00172. The number of carboxylic acid groups (broad SMARTS) is 1. The molecule has 3 N–H and O–H groups in total. The molecule has 2 aliphatic rings. The molecular weight excluding hydrogens is 628 g/mol. The largest absolute Gasteiger partial charge is 0.497 e. The molecule has 0 spiro atoms. The quantitative estimate of drug-likeness (QED) is 0.240. The van der Waals surface area contributed by atoms with Crippen LogP contribution in [0.4, 0.5) is 4.79 Å². The van der Waals surface area contributed by atoms with Crippen LogP contribution < -0.4 is 20.1 Å². The Morgan fingerprint density at radius 3 is 2.41 bits per heavy atom. The standard InChI is InChI=1S/C37H44N4O8/c1-8-23-19-37(23,34(44)45)40-32(42)29-17-25(20-41(29)33(43)31(21(2)3)39-35(46)49-36(4,5)6)48-30-18-27(22-12-10-9-11-13-22)38-28-16-24(47-7)14-15-26(28)30/h8-16,18,21,23,25,29,31H,1,17,19-20H2,2-7H3,(H,39,46)(H,40,42)(H,44,45)/t23-,25-,29+,31+,37-/m1/s1. The third kappa shape index (κ3) is 7.63. The van der Waals surface area contributed by atoms with Gasteiger partial charge >= 0.3 is 12.1 Å². The Bertz CT molecular complexity index is 1750. The van der Waals surface area contributed by atoms with Crippen LogP contribution in [0.15, 0.2) is 67.3 Å². The molecule has 0 unspecified atom stereocenters. The molecule has 2 aromatic carbocycles. The molecule has 12 nitrogen and oxygen atoms in total. The summed E-state index contributed by atoms with van der Waals surface area (Å²) < 4.78 is 17.5. The van der Waals surface area contributed by atoms with Crippen molar-refractivity contribution in [2.75, 3.05) is 13.7 Å². The van der Waals surface area contributed by atoms with Crippen molar-refractivity contribution in [2.24, 2.45) is 11.8 Å². The average Bonchev–Trinajstić information content (AvgIpc) is 3.61. The summed E-state index contributed by atoms with van der Waals surface area (Å²) >= 11 is 0. The highest BCUT2D eigenvalue weighted by Gasteiger charge is 2.61. The first-order valence-electron chi connectivity index (χ1n) is 16.3. The van der Waals surface area contributed by atoms with Crippen LogP contribution in [0.25, 0.3) is 22.2 Å². The number of nitrogens with zero attached hydrogens (tertiary/aromatic N) is 2. The zero-order valence-electron chi connectivity index (χ0n) is 28.7. The van der Waals surface area contributed by atoms with Crippen molar-refractivity contribution in [3.05, 3.63) is 67.3 Å². The molecule has 1 saturated carbocycles. The number of alkyl carbamates (subject to hydrolysis) is 1.